The van der Waals surface area contributed by atoms with Crippen molar-refractivity contribution in [3.8, 4) is 0 Å². The van der Waals surface area contributed by atoms with Crippen molar-refractivity contribution in [1.29, 1.82) is 5.41 Å². The van der Waals surface area contributed by atoms with Crippen LogP contribution >= 0.6 is 0 Å². The van der Waals surface area contributed by atoms with Gasteiger partial charge in [-0.25, -0.2) is 0 Å². The highest BCUT2D eigenvalue weighted by Crippen LogP contribution is 2.31. The van der Waals surface area contributed by atoms with Gasteiger partial charge < -0.3 is 10.6 Å². The molecule has 0 aliphatic carbocycles. The van der Waals surface area contributed by atoms with Crippen LogP contribution in [0.15, 0.2) is 0 Å². The maximum atomic E-state index is 7.85. The number of anilines is 1. The highest BCUT2D eigenvalue weighted by atomic mass is 15.4. The predicted octanol–water partition coefficient (Wildman–Crippen LogP) is 0.685. The van der Waals surface area contributed by atoms with E-state index in [4.69, 9.17) is 11.1 Å². The van der Waals surface area contributed by atoms with Crippen LogP contribution in [-0.4, -0.2) is 52.2 Å². The molecule has 0 spiro atoms. The molecule has 0 saturated carbocycles. The first-order valence-corrected chi connectivity index (χ1v) is 7.37. The normalized spacial score (nSPS) is 26.9. The highest BCUT2D eigenvalue weighted by molar-refractivity contribution is 6.01. The van der Waals surface area contributed by atoms with Crippen molar-refractivity contribution < 1.29 is 0 Å². The second-order valence-corrected chi connectivity index (χ2v) is 6.11. The van der Waals surface area contributed by atoms with E-state index in [1.165, 1.54) is 19.4 Å². The van der Waals surface area contributed by atoms with Crippen LogP contribution < -0.4 is 10.6 Å². The molecule has 6 nitrogen and oxygen atoms in total. The average molecular weight is 276 g/mol. The number of nitrogen functional groups attached to an aromatic ring is 1. The third-order valence-electron chi connectivity index (χ3n) is 4.67. The number of fused-ring (bicyclic) bond motifs is 1. The minimum absolute atomic E-state index is 0.117. The van der Waals surface area contributed by atoms with Gasteiger partial charge in [-0.2, -0.15) is 5.10 Å². The molecular weight excluding hydrogens is 252 g/mol. The number of hydrogen-bond acceptors (Lipinski definition) is 4. The number of aryl methyl sites for hydroxylation is 2. The Hall–Kier alpha value is -1.56. The van der Waals surface area contributed by atoms with E-state index in [-0.39, 0.29) is 5.84 Å². The lowest BCUT2D eigenvalue weighted by Crippen LogP contribution is -2.55. The fraction of sp³-hybridized carbons (Fsp3) is 0.714. The van der Waals surface area contributed by atoms with Gasteiger partial charge in [0, 0.05) is 32.2 Å². The van der Waals surface area contributed by atoms with Gasteiger partial charge in [-0.05, 0) is 33.2 Å². The molecule has 2 aliphatic rings. The van der Waals surface area contributed by atoms with Crippen LogP contribution in [0, 0.1) is 12.3 Å². The second kappa shape index (κ2) is 4.77. The maximum absolute atomic E-state index is 7.85. The van der Waals surface area contributed by atoms with Crippen molar-refractivity contribution in [3.05, 3.63) is 11.3 Å². The predicted molar refractivity (Wildman–Crippen MR) is 80.4 cm³/mol. The molecule has 20 heavy (non-hydrogen) atoms. The zero-order chi connectivity index (χ0) is 14.4. The first-order valence-electron chi connectivity index (χ1n) is 7.37. The zero-order valence-corrected chi connectivity index (χ0v) is 12.6. The summed E-state index contributed by atoms with van der Waals surface area (Å²) in [5.74, 6) is 1.13. The standard InChI is InChI=1S/C14H24N6/c1-9-7-19-6-4-5-11(19)8-20(9)14-12(13(15)16)10(2)17-18(14)3/h9,11H,4-8H2,1-3H3,(H3,15,16). The van der Waals surface area contributed by atoms with Crippen LogP contribution in [0.4, 0.5) is 5.82 Å². The molecule has 2 unspecified atom stereocenters. The van der Waals surface area contributed by atoms with Gasteiger partial charge in [0.15, 0.2) is 0 Å². The van der Waals surface area contributed by atoms with E-state index >= 15 is 0 Å². The summed E-state index contributed by atoms with van der Waals surface area (Å²) in [7, 11) is 1.95. The molecule has 0 aromatic carbocycles. The Morgan fingerprint density at radius 2 is 2.15 bits per heavy atom. The number of rotatable bonds is 2. The van der Waals surface area contributed by atoms with Crippen molar-refractivity contribution in [1.82, 2.24) is 14.7 Å². The summed E-state index contributed by atoms with van der Waals surface area (Å²) in [5.41, 5.74) is 7.42. The van der Waals surface area contributed by atoms with E-state index in [0.717, 1.165) is 30.2 Å². The monoisotopic (exact) mass is 276 g/mol. The summed E-state index contributed by atoms with van der Waals surface area (Å²) in [6.45, 7) is 7.51. The van der Waals surface area contributed by atoms with Gasteiger partial charge in [0.05, 0.1) is 11.3 Å². The van der Waals surface area contributed by atoms with E-state index in [1.807, 2.05) is 18.7 Å². The fourth-order valence-electron chi connectivity index (χ4n) is 3.77. The number of aromatic nitrogens is 2. The first kappa shape index (κ1) is 13.4. The number of piperazine rings is 1. The topological polar surface area (TPSA) is 74.2 Å². The molecule has 3 heterocycles. The van der Waals surface area contributed by atoms with Gasteiger partial charge in [0.1, 0.15) is 11.7 Å². The van der Waals surface area contributed by atoms with Crippen molar-refractivity contribution in [2.24, 2.45) is 12.8 Å². The molecule has 1 aromatic rings. The highest BCUT2D eigenvalue weighted by Gasteiger charge is 2.36. The van der Waals surface area contributed by atoms with Crippen LogP contribution in [0.5, 0.6) is 0 Å². The van der Waals surface area contributed by atoms with E-state index < -0.39 is 0 Å². The summed E-state index contributed by atoms with van der Waals surface area (Å²) in [6, 6.07) is 1.07. The van der Waals surface area contributed by atoms with Crippen LogP contribution in [0.2, 0.25) is 0 Å². The fourth-order valence-corrected chi connectivity index (χ4v) is 3.77. The van der Waals surface area contributed by atoms with Crippen LogP contribution in [-0.2, 0) is 7.05 Å². The Balaban J connectivity index is 1.98. The molecule has 6 heteroatoms. The largest absolute Gasteiger partial charge is 0.384 e. The molecule has 2 aliphatic heterocycles. The van der Waals surface area contributed by atoms with Gasteiger partial charge in [0.25, 0.3) is 0 Å². The maximum Gasteiger partial charge on any atom is 0.138 e. The van der Waals surface area contributed by atoms with Crippen molar-refractivity contribution in [2.75, 3.05) is 24.5 Å². The third kappa shape index (κ3) is 1.98. The number of amidine groups is 1. The Morgan fingerprint density at radius 1 is 1.40 bits per heavy atom. The molecule has 3 N–H and O–H groups in total. The lowest BCUT2D eigenvalue weighted by Gasteiger charge is -2.43. The van der Waals surface area contributed by atoms with Crippen molar-refractivity contribution in [3.63, 3.8) is 0 Å². The van der Waals surface area contributed by atoms with Gasteiger partial charge >= 0.3 is 0 Å². The van der Waals surface area contributed by atoms with E-state index in [9.17, 15) is 0 Å². The van der Waals surface area contributed by atoms with Gasteiger partial charge in [-0.3, -0.25) is 15.0 Å². The summed E-state index contributed by atoms with van der Waals surface area (Å²) < 4.78 is 1.88. The number of hydrogen-bond donors (Lipinski definition) is 2. The van der Waals surface area contributed by atoms with Gasteiger partial charge in [-0.15, -0.1) is 0 Å². The molecule has 1 aromatic heterocycles. The molecular formula is C14H24N6. The smallest absolute Gasteiger partial charge is 0.138 e. The SMILES string of the molecule is Cc1nn(C)c(N2CC3CCCN3CC2C)c1C(=N)N. The molecule has 2 atom stereocenters. The Bertz CT molecular complexity index is 534. The average Bonchev–Trinajstić information content (AvgIpc) is 2.91. The van der Waals surface area contributed by atoms with Crippen LogP contribution in [0.25, 0.3) is 0 Å². The molecule has 0 amide bonds. The minimum atomic E-state index is 0.117. The van der Waals surface area contributed by atoms with Crippen molar-refractivity contribution in [2.45, 2.75) is 38.8 Å². The third-order valence-corrected chi connectivity index (χ3v) is 4.67. The van der Waals surface area contributed by atoms with Gasteiger partial charge in [0.2, 0.25) is 0 Å². The lowest BCUT2D eigenvalue weighted by molar-refractivity contribution is 0.201. The first-order chi connectivity index (χ1) is 9.49. The molecule has 3 rings (SSSR count). The summed E-state index contributed by atoms with van der Waals surface area (Å²) in [5, 5.41) is 12.3. The Morgan fingerprint density at radius 3 is 2.85 bits per heavy atom. The molecule has 110 valence electrons. The lowest BCUT2D eigenvalue weighted by atomic mass is 10.1. The van der Waals surface area contributed by atoms with Crippen LogP contribution in [0.1, 0.15) is 31.0 Å². The Labute approximate surface area is 120 Å². The minimum Gasteiger partial charge on any atom is -0.384 e. The molecule has 0 radical (unpaired) electrons. The van der Waals surface area contributed by atoms with E-state index in [0.29, 0.717) is 12.1 Å². The molecule has 0 bridgehead atoms. The number of nitrogens with two attached hydrogens (primary N) is 1. The second-order valence-electron chi connectivity index (χ2n) is 6.11. The van der Waals surface area contributed by atoms with Gasteiger partial charge in [-0.1, -0.05) is 0 Å². The molecule has 2 saturated heterocycles. The molecule has 2 fully saturated rings. The summed E-state index contributed by atoms with van der Waals surface area (Å²) in [6.07, 6.45) is 2.57. The quantitative estimate of drug-likeness (QED) is 0.615. The number of nitrogens with one attached hydrogen (secondary N) is 1. The zero-order valence-electron chi connectivity index (χ0n) is 12.6. The van der Waals surface area contributed by atoms with E-state index in [2.05, 4.69) is 21.8 Å². The number of nitrogens with zero attached hydrogens (tertiary/aromatic N) is 4. The Kier molecular flexibility index (Phi) is 3.20. The van der Waals surface area contributed by atoms with Crippen molar-refractivity contribution >= 4 is 11.7 Å². The summed E-state index contributed by atoms with van der Waals surface area (Å²) in [4.78, 5) is 4.99. The van der Waals surface area contributed by atoms with E-state index in [1.54, 1.807) is 0 Å². The summed E-state index contributed by atoms with van der Waals surface area (Å²) >= 11 is 0. The van der Waals surface area contributed by atoms with Crippen LogP contribution in [0.3, 0.4) is 0 Å².